The number of halogens is 2. The van der Waals surface area contributed by atoms with E-state index in [1.54, 1.807) is 0 Å². The first-order chi connectivity index (χ1) is 9.09. The van der Waals surface area contributed by atoms with Crippen molar-refractivity contribution >= 4 is 43.5 Å². The van der Waals surface area contributed by atoms with Gasteiger partial charge in [0.25, 0.3) is 0 Å². The Hall–Kier alpha value is -0.430. The van der Waals surface area contributed by atoms with Gasteiger partial charge in [-0.05, 0) is 50.9 Å². The molecule has 0 aliphatic carbocycles. The third kappa shape index (κ3) is 3.78. The van der Waals surface area contributed by atoms with Crippen LogP contribution in [0.25, 0.3) is 0 Å². The van der Waals surface area contributed by atoms with Crippen LogP contribution in [0.4, 0.5) is 5.69 Å². The summed E-state index contributed by atoms with van der Waals surface area (Å²) in [4.78, 5) is 14.5. The largest absolute Gasteiger partial charge is 0.323 e. The fourth-order valence-corrected chi connectivity index (χ4v) is 3.28. The number of carbonyl (C=O) groups is 1. The minimum Gasteiger partial charge on any atom is -0.323 e. The Morgan fingerprint density at radius 2 is 1.89 bits per heavy atom. The zero-order valence-corrected chi connectivity index (χ0v) is 13.9. The van der Waals surface area contributed by atoms with Gasteiger partial charge in [-0.15, -0.1) is 0 Å². The molecule has 1 aromatic rings. The fourth-order valence-electron chi connectivity index (χ4n) is 2.08. The molecule has 19 heavy (non-hydrogen) atoms. The molecule has 1 saturated heterocycles. The second-order valence-electron chi connectivity index (χ2n) is 4.55. The predicted octanol–water partition coefficient (Wildman–Crippen LogP) is 2.44. The van der Waals surface area contributed by atoms with Crippen LogP contribution >= 0.6 is 31.9 Å². The number of anilines is 1. The lowest BCUT2D eigenvalue weighted by atomic mass is 10.2. The predicted molar refractivity (Wildman–Crippen MR) is 84.4 cm³/mol. The molecule has 1 aliphatic rings. The van der Waals surface area contributed by atoms with Gasteiger partial charge in [-0.2, -0.15) is 0 Å². The average Bonchev–Trinajstić information content (AvgIpc) is 2.43. The van der Waals surface area contributed by atoms with Crippen LogP contribution in [0, 0.1) is 0 Å². The molecule has 6 heteroatoms. The number of nitrogens with one attached hydrogen (secondary N) is 2. The van der Waals surface area contributed by atoms with Gasteiger partial charge >= 0.3 is 0 Å². The standard InChI is InChI=1S/C13H17Br2N3O/c1-9(18-7-5-16-6-8-18)13(19)17-12-10(14)3-2-4-11(12)15/h2-4,9,16H,5-8H2,1H3,(H,17,19). The van der Waals surface area contributed by atoms with E-state index in [0.29, 0.717) is 0 Å². The fraction of sp³-hybridized carbons (Fsp3) is 0.462. The van der Waals surface area contributed by atoms with Gasteiger partial charge in [0.05, 0.1) is 11.7 Å². The molecule has 0 spiro atoms. The molecule has 2 rings (SSSR count). The molecule has 1 aromatic carbocycles. The lowest BCUT2D eigenvalue weighted by Gasteiger charge is -2.32. The van der Waals surface area contributed by atoms with Gasteiger partial charge in [0.15, 0.2) is 0 Å². The van der Waals surface area contributed by atoms with Crippen LogP contribution in [0.2, 0.25) is 0 Å². The Bertz CT molecular complexity index is 441. The number of rotatable bonds is 3. The maximum absolute atomic E-state index is 12.3. The Morgan fingerprint density at radius 3 is 2.47 bits per heavy atom. The summed E-state index contributed by atoms with van der Waals surface area (Å²) in [6.07, 6.45) is 0. The van der Waals surface area contributed by atoms with E-state index >= 15 is 0 Å². The maximum atomic E-state index is 12.3. The van der Waals surface area contributed by atoms with Gasteiger partial charge in [0.1, 0.15) is 0 Å². The van der Waals surface area contributed by atoms with Crippen molar-refractivity contribution in [3.05, 3.63) is 27.1 Å². The van der Waals surface area contributed by atoms with Crippen LogP contribution < -0.4 is 10.6 Å². The summed E-state index contributed by atoms with van der Waals surface area (Å²) in [5, 5.41) is 6.27. The van der Waals surface area contributed by atoms with Crippen LogP contribution in [0.5, 0.6) is 0 Å². The van der Waals surface area contributed by atoms with Gasteiger partial charge in [0.2, 0.25) is 5.91 Å². The van der Waals surface area contributed by atoms with E-state index in [4.69, 9.17) is 0 Å². The molecule has 1 atom stereocenters. The van der Waals surface area contributed by atoms with Crippen LogP contribution in [0.15, 0.2) is 27.1 Å². The van der Waals surface area contributed by atoms with E-state index in [0.717, 1.165) is 40.8 Å². The number of nitrogens with zero attached hydrogens (tertiary/aromatic N) is 1. The molecule has 1 unspecified atom stereocenters. The molecule has 1 fully saturated rings. The third-order valence-electron chi connectivity index (χ3n) is 3.29. The zero-order chi connectivity index (χ0) is 13.8. The molecule has 0 aromatic heterocycles. The smallest absolute Gasteiger partial charge is 0.241 e. The van der Waals surface area contributed by atoms with E-state index in [2.05, 4.69) is 47.4 Å². The Balaban J connectivity index is 2.04. The van der Waals surface area contributed by atoms with Crippen molar-refractivity contribution in [3.8, 4) is 0 Å². The van der Waals surface area contributed by atoms with E-state index in [-0.39, 0.29) is 11.9 Å². The first kappa shape index (κ1) is 15.0. The van der Waals surface area contributed by atoms with Gasteiger partial charge in [-0.25, -0.2) is 0 Å². The van der Waals surface area contributed by atoms with Gasteiger partial charge < -0.3 is 10.6 Å². The van der Waals surface area contributed by atoms with Crippen LogP contribution in [-0.2, 0) is 4.79 Å². The third-order valence-corrected chi connectivity index (χ3v) is 4.61. The topological polar surface area (TPSA) is 44.4 Å². The summed E-state index contributed by atoms with van der Waals surface area (Å²) >= 11 is 6.90. The SMILES string of the molecule is CC(C(=O)Nc1c(Br)cccc1Br)N1CCNCC1. The average molecular weight is 391 g/mol. The van der Waals surface area contributed by atoms with Gasteiger partial charge in [0, 0.05) is 35.1 Å². The number of piperazine rings is 1. The van der Waals surface area contributed by atoms with Gasteiger partial charge in [-0.1, -0.05) is 6.07 Å². The quantitative estimate of drug-likeness (QED) is 0.833. The number of amides is 1. The van der Waals surface area contributed by atoms with Crippen molar-refractivity contribution in [2.24, 2.45) is 0 Å². The summed E-state index contributed by atoms with van der Waals surface area (Å²) < 4.78 is 1.76. The monoisotopic (exact) mass is 389 g/mol. The number of benzene rings is 1. The lowest BCUT2D eigenvalue weighted by molar-refractivity contribution is -0.120. The summed E-state index contributed by atoms with van der Waals surface area (Å²) in [7, 11) is 0. The zero-order valence-electron chi connectivity index (χ0n) is 10.7. The second-order valence-corrected chi connectivity index (χ2v) is 6.26. The highest BCUT2D eigenvalue weighted by Gasteiger charge is 2.23. The van der Waals surface area contributed by atoms with Crippen molar-refractivity contribution in [2.75, 3.05) is 31.5 Å². The summed E-state index contributed by atoms with van der Waals surface area (Å²) in [5.41, 5.74) is 0.787. The number of para-hydroxylation sites is 1. The second kappa shape index (κ2) is 6.83. The van der Waals surface area contributed by atoms with Crippen LogP contribution in [0.3, 0.4) is 0 Å². The molecular weight excluding hydrogens is 374 g/mol. The highest BCUT2D eigenvalue weighted by Crippen LogP contribution is 2.30. The Kier molecular flexibility index (Phi) is 5.38. The van der Waals surface area contributed by atoms with E-state index in [9.17, 15) is 4.79 Å². The normalized spacial score (nSPS) is 18.1. The number of hydrogen-bond donors (Lipinski definition) is 2. The summed E-state index contributed by atoms with van der Waals surface area (Å²) in [6.45, 7) is 5.65. The van der Waals surface area contributed by atoms with Crippen molar-refractivity contribution in [3.63, 3.8) is 0 Å². The number of carbonyl (C=O) groups excluding carboxylic acids is 1. The van der Waals surface area contributed by atoms with Crippen LogP contribution in [-0.4, -0.2) is 43.0 Å². The minimum atomic E-state index is -0.124. The lowest BCUT2D eigenvalue weighted by Crippen LogP contribution is -2.51. The summed E-state index contributed by atoms with van der Waals surface area (Å²) in [5.74, 6) is 0.0227. The minimum absolute atomic E-state index is 0.0227. The highest BCUT2D eigenvalue weighted by atomic mass is 79.9. The highest BCUT2D eigenvalue weighted by molar-refractivity contribution is 9.11. The Morgan fingerprint density at radius 1 is 1.32 bits per heavy atom. The molecule has 4 nitrogen and oxygen atoms in total. The van der Waals surface area contributed by atoms with Crippen LogP contribution in [0.1, 0.15) is 6.92 Å². The molecule has 1 amide bonds. The molecule has 0 saturated carbocycles. The van der Waals surface area contributed by atoms with E-state index in [1.807, 2.05) is 25.1 Å². The first-order valence-corrected chi connectivity index (χ1v) is 7.88. The number of hydrogen-bond acceptors (Lipinski definition) is 3. The Labute approximate surface area is 130 Å². The summed E-state index contributed by atoms with van der Waals surface area (Å²) in [6, 6.07) is 5.62. The van der Waals surface area contributed by atoms with Crippen molar-refractivity contribution < 1.29 is 4.79 Å². The molecule has 104 valence electrons. The van der Waals surface area contributed by atoms with Crippen molar-refractivity contribution in [1.82, 2.24) is 10.2 Å². The molecule has 1 aliphatic heterocycles. The van der Waals surface area contributed by atoms with Crippen molar-refractivity contribution in [2.45, 2.75) is 13.0 Å². The maximum Gasteiger partial charge on any atom is 0.241 e. The molecule has 0 bridgehead atoms. The molecular formula is C13H17Br2N3O. The van der Waals surface area contributed by atoms with E-state index in [1.165, 1.54) is 0 Å². The van der Waals surface area contributed by atoms with E-state index < -0.39 is 0 Å². The van der Waals surface area contributed by atoms with Crippen molar-refractivity contribution in [1.29, 1.82) is 0 Å². The first-order valence-electron chi connectivity index (χ1n) is 6.29. The van der Waals surface area contributed by atoms with Gasteiger partial charge in [-0.3, -0.25) is 9.69 Å². The molecule has 0 radical (unpaired) electrons. The molecule has 2 N–H and O–H groups in total. The molecule has 1 heterocycles.